The van der Waals surface area contributed by atoms with Crippen molar-refractivity contribution in [2.45, 2.75) is 26.3 Å². The Bertz CT molecular complexity index is 690. The van der Waals surface area contributed by atoms with Crippen molar-refractivity contribution in [2.75, 3.05) is 31.9 Å². The lowest BCUT2D eigenvalue weighted by Crippen LogP contribution is -2.48. The first-order chi connectivity index (χ1) is 11.6. The lowest BCUT2D eigenvalue weighted by atomic mass is 10.1. The van der Waals surface area contributed by atoms with Gasteiger partial charge in [0.1, 0.15) is 5.76 Å². The maximum absolute atomic E-state index is 12.4. The summed E-state index contributed by atoms with van der Waals surface area (Å²) >= 11 is 0. The number of aryl methyl sites for hydroxylation is 2. The van der Waals surface area contributed by atoms with Crippen LogP contribution in [0.4, 0.5) is 5.69 Å². The molecule has 1 aromatic carbocycles. The van der Waals surface area contributed by atoms with E-state index in [-0.39, 0.29) is 5.91 Å². The summed E-state index contributed by atoms with van der Waals surface area (Å²) in [5.74, 6) is 1.04. The van der Waals surface area contributed by atoms with Crippen molar-refractivity contribution in [3.8, 4) is 0 Å². The summed E-state index contributed by atoms with van der Waals surface area (Å²) in [6.45, 7) is 5.93. The molecular weight excluding hydrogens is 304 g/mol. The zero-order valence-corrected chi connectivity index (χ0v) is 14.1. The fourth-order valence-corrected chi connectivity index (χ4v) is 3.04. The molecule has 2 aromatic rings. The van der Waals surface area contributed by atoms with Crippen molar-refractivity contribution in [1.29, 1.82) is 0 Å². The molecule has 2 N–H and O–H groups in total. The van der Waals surface area contributed by atoms with Gasteiger partial charge in [-0.25, -0.2) is 0 Å². The van der Waals surface area contributed by atoms with E-state index in [0.29, 0.717) is 12.8 Å². The monoisotopic (exact) mass is 328 g/mol. The van der Waals surface area contributed by atoms with Crippen LogP contribution in [0, 0.1) is 6.92 Å². The van der Waals surface area contributed by atoms with E-state index in [0.717, 1.165) is 55.4 Å². The predicted molar refractivity (Wildman–Crippen MR) is 92.3 cm³/mol. The Balaban J connectivity index is 1.44. The van der Waals surface area contributed by atoms with Crippen LogP contribution in [0.25, 0.3) is 0 Å². The van der Waals surface area contributed by atoms with Gasteiger partial charge >= 0.3 is 0 Å². The molecule has 0 aliphatic carbocycles. The second-order valence-corrected chi connectivity index (χ2v) is 6.28. The topological polar surface area (TPSA) is 75.6 Å². The number of carbonyl (C=O) groups is 1. The highest BCUT2D eigenvalue weighted by Gasteiger charge is 2.21. The first-order valence-electron chi connectivity index (χ1n) is 8.37. The number of amides is 1. The van der Waals surface area contributed by atoms with Gasteiger partial charge in [-0.3, -0.25) is 9.69 Å². The van der Waals surface area contributed by atoms with E-state index in [1.165, 1.54) is 0 Å². The maximum Gasteiger partial charge on any atom is 0.222 e. The largest absolute Gasteiger partial charge is 0.399 e. The predicted octanol–water partition coefficient (Wildman–Crippen LogP) is 1.84. The number of carbonyl (C=O) groups excluding carboxylic acids is 1. The standard InChI is InChI=1S/C18H24N4O2/c1-14-12-16(20-24-14)13-21-8-10-22(11-9-21)18(23)7-6-15-4-2-3-5-17(15)19/h2-5,12H,6-11,13,19H2,1H3. The van der Waals surface area contributed by atoms with Crippen LogP contribution < -0.4 is 5.73 Å². The molecule has 2 heterocycles. The molecule has 1 aliphatic rings. The van der Waals surface area contributed by atoms with Crippen molar-refractivity contribution >= 4 is 11.6 Å². The Morgan fingerprint density at radius 3 is 2.67 bits per heavy atom. The van der Waals surface area contributed by atoms with Gasteiger partial charge < -0.3 is 15.2 Å². The van der Waals surface area contributed by atoms with E-state index in [4.69, 9.17) is 10.3 Å². The molecule has 0 bridgehead atoms. The second-order valence-electron chi connectivity index (χ2n) is 6.28. The van der Waals surface area contributed by atoms with Crippen molar-refractivity contribution in [1.82, 2.24) is 15.0 Å². The molecule has 1 aromatic heterocycles. The first-order valence-corrected chi connectivity index (χ1v) is 8.37. The third-order valence-electron chi connectivity index (χ3n) is 4.45. The van der Waals surface area contributed by atoms with E-state index in [9.17, 15) is 4.79 Å². The Morgan fingerprint density at radius 2 is 2.00 bits per heavy atom. The van der Waals surface area contributed by atoms with Gasteiger partial charge in [-0.15, -0.1) is 0 Å². The van der Waals surface area contributed by atoms with Gasteiger partial charge in [-0.05, 0) is 25.0 Å². The number of rotatable bonds is 5. The van der Waals surface area contributed by atoms with E-state index in [1.807, 2.05) is 42.2 Å². The molecule has 6 nitrogen and oxygen atoms in total. The lowest BCUT2D eigenvalue weighted by Gasteiger charge is -2.34. The van der Waals surface area contributed by atoms with Crippen LogP contribution in [-0.2, 0) is 17.8 Å². The molecule has 0 unspecified atom stereocenters. The lowest BCUT2D eigenvalue weighted by molar-refractivity contribution is -0.133. The number of anilines is 1. The third kappa shape index (κ3) is 4.14. The van der Waals surface area contributed by atoms with Gasteiger partial charge in [-0.2, -0.15) is 0 Å². The van der Waals surface area contributed by atoms with E-state index < -0.39 is 0 Å². The Hall–Kier alpha value is -2.34. The number of nitrogens with two attached hydrogens (primary N) is 1. The average Bonchev–Trinajstić information content (AvgIpc) is 2.99. The number of benzene rings is 1. The summed E-state index contributed by atoms with van der Waals surface area (Å²) in [4.78, 5) is 16.6. The summed E-state index contributed by atoms with van der Waals surface area (Å²) in [7, 11) is 0. The van der Waals surface area contributed by atoms with Gasteiger partial charge in [0.05, 0.1) is 5.69 Å². The summed E-state index contributed by atoms with van der Waals surface area (Å²) in [6.07, 6.45) is 1.21. The molecule has 1 aliphatic heterocycles. The van der Waals surface area contributed by atoms with E-state index in [1.54, 1.807) is 0 Å². The fourth-order valence-electron chi connectivity index (χ4n) is 3.04. The molecule has 1 amide bonds. The summed E-state index contributed by atoms with van der Waals surface area (Å²) in [5.41, 5.74) is 8.69. The highest BCUT2D eigenvalue weighted by molar-refractivity contribution is 5.76. The van der Waals surface area contributed by atoms with Gasteiger partial charge in [0.25, 0.3) is 0 Å². The highest BCUT2D eigenvalue weighted by Crippen LogP contribution is 2.14. The van der Waals surface area contributed by atoms with Gasteiger partial charge in [-0.1, -0.05) is 23.4 Å². The van der Waals surface area contributed by atoms with Crippen LogP contribution >= 0.6 is 0 Å². The Morgan fingerprint density at radius 1 is 1.25 bits per heavy atom. The minimum Gasteiger partial charge on any atom is -0.399 e. The van der Waals surface area contributed by atoms with Gasteiger partial charge in [0.2, 0.25) is 5.91 Å². The van der Waals surface area contributed by atoms with Crippen LogP contribution in [-0.4, -0.2) is 47.0 Å². The van der Waals surface area contributed by atoms with Crippen molar-refractivity contribution in [3.05, 3.63) is 47.3 Å². The summed E-state index contributed by atoms with van der Waals surface area (Å²) in [5, 5.41) is 4.03. The third-order valence-corrected chi connectivity index (χ3v) is 4.45. The minimum absolute atomic E-state index is 0.204. The van der Waals surface area contributed by atoms with Crippen molar-refractivity contribution < 1.29 is 9.32 Å². The molecule has 0 saturated carbocycles. The van der Waals surface area contributed by atoms with Crippen LogP contribution in [0.3, 0.4) is 0 Å². The van der Waals surface area contributed by atoms with Crippen LogP contribution in [0.5, 0.6) is 0 Å². The highest BCUT2D eigenvalue weighted by atomic mass is 16.5. The molecule has 1 fully saturated rings. The first kappa shape index (κ1) is 16.5. The molecule has 128 valence electrons. The number of nitrogen functional groups attached to an aromatic ring is 1. The Labute approximate surface area is 142 Å². The van der Waals surface area contributed by atoms with E-state index in [2.05, 4.69) is 10.1 Å². The number of hydrogen-bond acceptors (Lipinski definition) is 5. The number of piperazine rings is 1. The Kier molecular flexibility index (Phi) is 5.15. The van der Waals surface area contributed by atoms with Crippen molar-refractivity contribution in [2.24, 2.45) is 0 Å². The number of aromatic nitrogens is 1. The molecule has 0 radical (unpaired) electrons. The molecule has 6 heteroatoms. The van der Waals surface area contributed by atoms with Crippen LogP contribution in [0.1, 0.15) is 23.4 Å². The molecule has 24 heavy (non-hydrogen) atoms. The molecule has 0 atom stereocenters. The normalized spacial score (nSPS) is 15.6. The number of nitrogens with zero attached hydrogens (tertiary/aromatic N) is 3. The molecular formula is C18H24N4O2. The second kappa shape index (κ2) is 7.49. The van der Waals surface area contributed by atoms with Crippen LogP contribution in [0.15, 0.2) is 34.9 Å². The minimum atomic E-state index is 0.204. The average molecular weight is 328 g/mol. The van der Waals surface area contributed by atoms with Gasteiger partial charge in [0.15, 0.2) is 0 Å². The molecule has 0 spiro atoms. The zero-order valence-electron chi connectivity index (χ0n) is 14.1. The smallest absolute Gasteiger partial charge is 0.222 e. The van der Waals surface area contributed by atoms with E-state index >= 15 is 0 Å². The summed E-state index contributed by atoms with van der Waals surface area (Å²) < 4.78 is 5.10. The van der Waals surface area contributed by atoms with Gasteiger partial charge in [0, 0.05) is 50.9 Å². The molecule has 3 rings (SSSR count). The SMILES string of the molecule is Cc1cc(CN2CCN(C(=O)CCc3ccccc3N)CC2)no1. The fraction of sp³-hybridized carbons (Fsp3) is 0.444. The summed E-state index contributed by atoms with van der Waals surface area (Å²) in [6, 6.07) is 9.70. The number of hydrogen-bond donors (Lipinski definition) is 1. The van der Waals surface area contributed by atoms with Crippen LogP contribution in [0.2, 0.25) is 0 Å². The molecule has 1 saturated heterocycles. The maximum atomic E-state index is 12.4. The zero-order chi connectivity index (χ0) is 16.9. The quantitative estimate of drug-likeness (QED) is 0.848. The van der Waals surface area contributed by atoms with Crippen molar-refractivity contribution in [3.63, 3.8) is 0 Å². The number of para-hydroxylation sites is 1.